The van der Waals surface area contributed by atoms with Crippen LogP contribution in [0.2, 0.25) is 0 Å². The van der Waals surface area contributed by atoms with E-state index in [0.29, 0.717) is 31.4 Å². The Labute approximate surface area is 117 Å². The second kappa shape index (κ2) is 6.47. The van der Waals surface area contributed by atoms with Crippen LogP contribution in [-0.4, -0.2) is 40.7 Å². The number of ether oxygens (including phenoxy) is 1. The number of aryl methyl sites for hydroxylation is 1. The molecule has 0 spiro atoms. The number of nitro groups is 1. The molecule has 2 heterocycles. The van der Waals surface area contributed by atoms with Gasteiger partial charge in [0.15, 0.2) is 0 Å². The van der Waals surface area contributed by atoms with Crippen molar-refractivity contribution >= 4 is 17.5 Å². The van der Waals surface area contributed by atoms with Crippen LogP contribution in [0.3, 0.4) is 0 Å². The monoisotopic (exact) mass is 281 g/mol. The lowest BCUT2D eigenvalue weighted by Crippen LogP contribution is -2.29. The lowest BCUT2D eigenvalue weighted by Gasteiger charge is -2.23. The average molecular weight is 281 g/mol. The lowest BCUT2D eigenvalue weighted by molar-refractivity contribution is -0.385. The topological polar surface area (TPSA) is 102 Å². The van der Waals surface area contributed by atoms with E-state index >= 15 is 0 Å². The van der Waals surface area contributed by atoms with Gasteiger partial charge in [-0.25, -0.2) is 4.98 Å². The van der Waals surface area contributed by atoms with Gasteiger partial charge in [-0.15, -0.1) is 0 Å². The molecule has 0 aliphatic carbocycles. The fourth-order valence-electron chi connectivity index (χ4n) is 2.16. The Morgan fingerprint density at radius 2 is 2.10 bits per heavy atom. The smallest absolute Gasteiger partial charge is 0.332 e. The zero-order chi connectivity index (χ0) is 14.5. The molecule has 8 nitrogen and oxygen atoms in total. The molecule has 2 rings (SSSR count). The Bertz CT molecular complexity index is 488. The highest BCUT2D eigenvalue weighted by molar-refractivity contribution is 5.61. The van der Waals surface area contributed by atoms with Gasteiger partial charge in [-0.05, 0) is 26.7 Å². The summed E-state index contributed by atoms with van der Waals surface area (Å²) < 4.78 is 5.28. The largest absolute Gasteiger partial charge is 0.381 e. The zero-order valence-corrected chi connectivity index (χ0v) is 11.7. The third kappa shape index (κ3) is 3.32. The number of hydrogen-bond acceptors (Lipinski definition) is 7. The highest BCUT2D eigenvalue weighted by Crippen LogP contribution is 2.28. The summed E-state index contributed by atoms with van der Waals surface area (Å²) in [5, 5.41) is 17.3. The maximum atomic E-state index is 11.2. The number of anilines is 2. The molecule has 0 saturated carbocycles. The van der Waals surface area contributed by atoms with Gasteiger partial charge in [0.25, 0.3) is 0 Å². The van der Waals surface area contributed by atoms with Gasteiger partial charge in [-0.1, -0.05) is 0 Å². The molecular weight excluding hydrogens is 262 g/mol. The van der Waals surface area contributed by atoms with Gasteiger partial charge >= 0.3 is 5.69 Å². The number of aromatic nitrogens is 2. The van der Waals surface area contributed by atoms with Crippen LogP contribution in [0.5, 0.6) is 0 Å². The van der Waals surface area contributed by atoms with Crippen molar-refractivity contribution in [2.45, 2.75) is 32.7 Å². The summed E-state index contributed by atoms with van der Waals surface area (Å²) in [6.07, 6.45) is 1.63. The van der Waals surface area contributed by atoms with E-state index in [-0.39, 0.29) is 17.5 Å². The minimum absolute atomic E-state index is 0.0573. The van der Waals surface area contributed by atoms with Gasteiger partial charge in [0, 0.05) is 25.8 Å². The van der Waals surface area contributed by atoms with Crippen LogP contribution >= 0.6 is 0 Å². The lowest BCUT2D eigenvalue weighted by atomic mass is 10.1. The number of hydrogen-bond donors (Lipinski definition) is 2. The number of nitrogens with one attached hydrogen (secondary N) is 2. The first-order valence-electron chi connectivity index (χ1n) is 6.73. The van der Waals surface area contributed by atoms with Crippen molar-refractivity contribution in [3.63, 3.8) is 0 Å². The molecule has 2 N–H and O–H groups in total. The van der Waals surface area contributed by atoms with E-state index in [1.165, 1.54) is 0 Å². The van der Waals surface area contributed by atoms with Gasteiger partial charge in [0.1, 0.15) is 5.69 Å². The van der Waals surface area contributed by atoms with Crippen LogP contribution in [0, 0.1) is 17.0 Å². The van der Waals surface area contributed by atoms with E-state index in [9.17, 15) is 10.1 Å². The fourth-order valence-corrected chi connectivity index (χ4v) is 2.16. The summed E-state index contributed by atoms with van der Waals surface area (Å²) in [4.78, 5) is 19.1. The highest BCUT2D eigenvalue weighted by atomic mass is 16.6. The molecule has 0 unspecified atom stereocenters. The Hall–Kier alpha value is -1.96. The molecule has 8 heteroatoms. The Morgan fingerprint density at radius 1 is 1.40 bits per heavy atom. The van der Waals surface area contributed by atoms with E-state index in [1.54, 1.807) is 6.92 Å². The summed E-state index contributed by atoms with van der Waals surface area (Å²) in [7, 11) is 0. The summed E-state index contributed by atoms with van der Waals surface area (Å²) in [6.45, 7) is 5.53. The van der Waals surface area contributed by atoms with E-state index in [1.807, 2.05) is 6.92 Å². The molecule has 1 aliphatic heterocycles. The molecule has 1 aromatic rings. The van der Waals surface area contributed by atoms with Crippen molar-refractivity contribution < 1.29 is 9.66 Å². The molecule has 20 heavy (non-hydrogen) atoms. The third-order valence-electron chi connectivity index (χ3n) is 3.14. The van der Waals surface area contributed by atoms with Crippen molar-refractivity contribution in [2.24, 2.45) is 0 Å². The Morgan fingerprint density at radius 3 is 2.70 bits per heavy atom. The number of rotatable bonds is 5. The van der Waals surface area contributed by atoms with Crippen LogP contribution in [0.25, 0.3) is 0 Å². The molecule has 0 atom stereocenters. The van der Waals surface area contributed by atoms with E-state index in [0.717, 1.165) is 12.8 Å². The van der Waals surface area contributed by atoms with Crippen molar-refractivity contribution in [3.05, 3.63) is 15.8 Å². The average Bonchev–Trinajstić information content (AvgIpc) is 2.39. The van der Waals surface area contributed by atoms with Crippen molar-refractivity contribution in [1.82, 2.24) is 9.97 Å². The normalized spacial score (nSPS) is 15.9. The minimum atomic E-state index is -0.438. The summed E-state index contributed by atoms with van der Waals surface area (Å²) in [6, 6.07) is 0.145. The Kier molecular flexibility index (Phi) is 4.67. The molecular formula is C12H19N5O3. The van der Waals surface area contributed by atoms with Crippen molar-refractivity contribution in [2.75, 3.05) is 30.4 Å². The van der Waals surface area contributed by atoms with Gasteiger partial charge in [-0.3, -0.25) is 10.1 Å². The van der Waals surface area contributed by atoms with Crippen molar-refractivity contribution in [1.29, 1.82) is 0 Å². The predicted molar refractivity (Wildman–Crippen MR) is 75.1 cm³/mol. The van der Waals surface area contributed by atoms with E-state index in [2.05, 4.69) is 20.6 Å². The first-order chi connectivity index (χ1) is 9.61. The molecule has 1 fully saturated rings. The molecule has 0 bridgehead atoms. The van der Waals surface area contributed by atoms with Crippen LogP contribution in [0.4, 0.5) is 17.5 Å². The van der Waals surface area contributed by atoms with Crippen LogP contribution in [0.1, 0.15) is 25.5 Å². The van der Waals surface area contributed by atoms with Gasteiger partial charge in [-0.2, -0.15) is 4.98 Å². The second-order valence-electron chi connectivity index (χ2n) is 4.65. The SMILES string of the molecule is CCNc1nc(C)c([N+](=O)[O-])c(NC2CCOCC2)n1. The van der Waals surface area contributed by atoms with Crippen molar-refractivity contribution in [3.8, 4) is 0 Å². The quantitative estimate of drug-likeness (QED) is 0.625. The second-order valence-corrected chi connectivity index (χ2v) is 4.65. The van der Waals surface area contributed by atoms with Gasteiger partial charge in [0.05, 0.1) is 4.92 Å². The zero-order valence-electron chi connectivity index (χ0n) is 11.7. The first-order valence-corrected chi connectivity index (χ1v) is 6.73. The van der Waals surface area contributed by atoms with Crippen LogP contribution in [0.15, 0.2) is 0 Å². The van der Waals surface area contributed by atoms with E-state index < -0.39 is 4.92 Å². The van der Waals surface area contributed by atoms with Crippen LogP contribution < -0.4 is 10.6 Å². The number of nitrogens with zero attached hydrogens (tertiary/aromatic N) is 3. The molecule has 0 radical (unpaired) electrons. The minimum Gasteiger partial charge on any atom is -0.381 e. The predicted octanol–water partition coefficient (Wildman–Crippen LogP) is 1.72. The third-order valence-corrected chi connectivity index (χ3v) is 3.14. The van der Waals surface area contributed by atoms with Crippen LogP contribution in [-0.2, 0) is 4.74 Å². The first kappa shape index (κ1) is 14.4. The Balaban J connectivity index is 2.28. The fraction of sp³-hybridized carbons (Fsp3) is 0.667. The summed E-state index contributed by atoms with van der Waals surface area (Å²) in [5.41, 5.74) is 0.300. The maximum absolute atomic E-state index is 11.2. The molecule has 0 amide bonds. The van der Waals surface area contributed by atoms with Gasteiger partial charge < -0.3 is 15.4 Å². The maximum Gasteiger partial charge on any atom is 0.332 e. The van der Waals surface area contributed by atoms with E-state index in [4.69, 9.17) is 4.74 Å². The molecule has 0 aromatic carbocycles. The highest BCUT2D eigenvalue weighted by Gasteiger charge is 2.25. The molecule has 1 aromatic heterocycles. The molecule has 110 valence electrons. The van der Waals surface area contributed by atoms with Gasteiger partial charge in [0.2, 0.25) is 11.8 Å². The summed E-state index contributed by atoms with van der Waals surface area (Å²) in [5.74, 6) is 0.690. The molecule has 1 aliphatic rings. The standard InChI is InChI=1S/C12H19N5O3/c1-3-13-12-14-8(2)10(17(18)19)11(16-12)15-9-4-6-20-7-5-9/h9H,3-7H2,1-2H3,(H2,13,14,15,16). The summed E-state index contributed by atoms with van der Waals surface area (Å²) >= 11 is 0. The molecule has 1 saturated heterocycles.